The van der Waals surface area contributed by atoms with Crippen LogP contribution in [0.3, 0.4) is 0 Å². The summed E-state index contributed by atoms with van der Waals surface area (Å²) in [7, 11) is -4.25. The molecule has 1 aromatic carbocycles. The Balaban J connectivity index is 2.02. The molecule has 3 aromatic rings. The molecule has 26 heavy (non-hydrogen) atoms. The zero-order valence-corrected chi connectivity index (χ0v) is 14.9. The Kier molecular flexibility index (Phi) is 4.60. The van der Waals surface area contributed by atoms with Gasteiger partial charge in [0.05, 0.1) is 0 Å². The van der Waals surface area contributed by atoms with Gasteiger partial charge in [-0.2, -0.15) is 13.4 Å². The monoisotopic (exact) mass is 377 g/mol. The summed E-state index contributed by atoms with van der Waals surface area (Å²) in [5.74, 6) is -0.619. The molecule has 10 heteroatoms. The lowest BCUT2D eigenvalue weighted by Crippen LogP contribution is -2.16. The number of aromatic nitrogens is 4. The van der Waals surface area contributed by atoms with Crippen molar-refractivity contribution in [1.82, 2.24) is 19.6 Å². The van der Waals surface area contributed by atoms with Gasteiger partial charge in [0.25, 0.3) is 21.0 Å². The van der Waals surface area contributed by atoms with Crippen LogP contribution in [0.4, 0.5) is 10.1 Å². The van der Waals surface area contributed by atoms with E-state index in [2.05, 4.69) is 26.4 Å². The zero-order valence-electron chi connectivity index (χ0n) is 14.1. The second kappa shape index (κ2) is 6.71. The van der Waals surface area contributed by atoms with Gasteiger partial charge in [0.15, 0.2) is 5.82 Å². The van der Waals surface area contributed by atoms with Crippen molar-refractivity contribution in [1.29, 1.82) is 0 Å². The molecule has 0 atom stereocenters. The van der Waals surface area contributed by atoms with Crippen molar-refractivity contribution in [2.75, 3.05) is 11.3 Å². The summed E-state index contributed by atoms with van der Waals surface area (Å²) in [4.78, 5) is 8.08. The summed E-state index contributed by atoms with van der Waals surface area (Å²) in [6.45, 7) is 7.10. The SMILES string of the molecule is C=CCOc1cccc(F)c1NS(=O)(=O)c1nc2nc(C)cc(C)n2n1. The summed E-state index contributed by atoms with van der Waals surface area (Å²) in [5.41, 5.74) is 1.02. The summed E-state index contributed by atoms with van der Waals surface area (Å²) in [5, 5.41) is 3.44. The van der Waals surface area contributed by atoms with Gasteiger partial charge in [-0.1, -0.05) is 18.7 Å². The number of para-hydroxylation sites is 1. The van der Waals surface area contributed by atoms with E-state index in [4.69, 9.17) is 4.74 Å². The zero-order chi connectivity index (χ0) is 18.9. The van der Waals surface area contributed by atoms with E-state index in [-0.39, 0.29) is 23.8 Å². The lowest BCUT2D eigenvalue weighted by atomic mass is 10.3. The normalized spacial score (nSPS) is 11.5. The molecule has 0 unspecified atom stereocenters. The van der Waals surface area contributed by atoms with Crippen LogP contribution in [0.25, 0.3) is 5.78 Å². The van der Waals surface area contributed by atoms with Gasteiger partial charge < -0.3 is 4.74 Å². The number of fused-ring (bicyclic) bond motifs is 1. The molecule has 0 fully saturated rings. The molecular weight excluding hydrogens is 361 g/mol. The van der Waals surface area contributed by atoms with Gasteiger partial charge in [0.1, 0.15) is 18.0 Å². The van der Waals surface area contributed by atoms with Crippen LogP contribution in [0.2, 0.25) is 0 Å². The van der Waals surface area contributed by atoms with Gasteiger partial charge >= 0.3 is 0 Å². The third-order valence-electron chi connectivity index (χ3n) is 3.41. The molecular formula is C16H16FN5O3S. The van der Waals surface area contributed by atoms with E-state index in [0.29, 0.717) is 11.4 Å². The molecule has 0 spiro atoms. The van der Waals surface area contributed by atoms with E-state index >= 15 is 0 Å². The Morgan fingerprint density at radius 2 is 2.12 bits per heavy atom. The number of sulfonamides is 1. The molecule has 0 bridgehead atoms. The molecule has 3 rings (SSSR count). The van der Waals surface area contributed by atoms with Crippen LogP contribution in [0.5, 0.6) is 5.75 Å². The first kappa shape index (κ1) is 17.8. The Hall–Kier alpha value is -3.01. The molecule has 0 aliphatic heterocycles. The van der Waals surface area contributed by atoms with Crippen LogP contribution in [0, 0.1) is 19.7 Å². The fraction of sp³-hybridized carbons (Fsp3) is 0.188. The highest BCUT2D eigenvalue weighted by Gasteiger charge is 2.25. The lowest BCUT2D eigenvalue weighted by molar-refractivity contribution is 0.363. The Bertz CT molecular complexity index is 1090. The van der Waals surface area contributed by atoms with Crippen LogP contribution in [-0.2, 0) is 10.0 Å². The maximum atomic E-state index is 14.2. The number of benzene rings is 1. The predicted molar refractivity (Wildman–Crippen MR) is 93.2 cm³/mol. The highest BCUT2D eigenvalue weighted by atomic mass is 32.2. The third kappa shape index (κ3) is 3.36. The van der Waals surface area contributed by atoms with Gasteiger partial charge in [-0.05, 0) is 32.0 Å². The number of rotatable bonds is 6. The minimum absolute atomic E-state index is 0.0300. The predicted octanol–water partition coefficient (Wildman–Crippen LogP) is 2.25. The van der Waals surface area contributed by atoms with Crippen LogP contribution in [0.1, 0.15) is 11.4 Å². The van der Waals surface area contributed by atoms with Gasteiger partial charge in [-0.15, -0.1) is 5.10 Å². The van der Waals surface area contributed by atoms with Gasteiger partial charge in [-0.25, -0.2) is 13.9 Å². The molecule has 0 saturated carbocycles. The number of anilines is 1. The van der Waals surface area contributed by atoms with E-state index in [1.165, 1.54) is 22.7 Å². The molecule has 0 aliphatic rings. The smallest absolute Gasteiger partial charge is 0.299 e. The molecule has 0 saturated heterocycles. The minimum Gasteiger partial charge on any atom is -0.487 e. The van der Waals surface area contributed by atoms with Crippen LogP contribution in [0.15, 0.2) is 42.1 Å². The Morgan fingerprint density at radius 3 is 2.85 bits per heavy atom. The van der Waals surface area contributed by atoms with Crippen LogP contribution >= 0.6 is 0 Å². The van der Waals surface area contributed by atoms with Crippen molar-refractivity contribution in [3.63, 3.8) is 0 Å². The average molecular weight is 377 g/mol. The summed E-state index contributed by atoms with van der Waals surface area (Å²) in [6, 6.07) is 5.70. The second-order valence-electron chi connectivity index (χ2n) is 5.46. The number of nitrogens with one attached hydrogen (secondary N) is 1. The number of aryl methyl sites for hydroxylation is 2. The highest BCUT2D eigenvalue weighted by Crippen LogP contribution is 2.29. The van der Waals surface area contributed by atoms with Gasteiger partial charge in [-0.3, -0.25) is 4.72 Å². The van der Waals surface area contributed by atoms with Crippen LogP contribution < -0.4 is 9.46 Å². The van der Waals surface area contributed by atoms with Crippen molar-refractivity contribution in [2.24, 2.45) is 0 Å². The maximum Gasteiger partial charge on any atom is 0.299 e. The standard InChI is InChI=1S/C16H16FN5O3S/c1-4-8-25-13-7-5-6-12(17)14(13)21-26(23,24)16-19-15-18-10(2)9-11(3)22(15)20-16/h4-7,9,21H,1,8H2,2-3H3. The molecule has 2 heterocycles. The number of halogens is 1. The number of hydrogen-bond acceptors (Lipinski definition) is 6. The molecule has 0 radical (unpaired) electrons. The number of hydrogen-bond donors (Lipinski definition) is 1. The van der Waals surface area contributed by atoms with Crippen LogP contribution in [-0.4, -0.2) is 34.6 Å². The minimum atomic E-state index is -4.25. The van der Waals surface area contributed by atoms with E-state index in [0.717, 1.165) is 6.07 Å². The van der Waals surface area contributed by atoms with E-state index in [1.807, 2.05) is 0 Å². The van der Waals surface area contributed by atoms with E-state index in [9.17, 15) is 12.8 Å². The summed E-state index contributed by atoms with van der Waals surface area (Å²) >= 11 is 0. The molecule has 0 amide bonds. The quantitative estimate of drug-likeness (QED) is 0.662. The summed E-state index contributed by atoms with van der Waals surface area (Å²) in [6.07, 6.45) is 1.46. The number of nitrogens with zero attached hydrogens (tertiary/aromatic N) is 4. The molecule has 1 N–H and O–H groups in total. The molecule has 0 aliphatic carbocycles. The van der Waals surface area contributed by atoms with Crippen molar-refractivity contribution in [3.05, 3.63) is 54.1 Å². The largest absolute Gasteiger partial charge is 0.487 e. The molecule has 8 nitrogen and oxygen atoms in total. The van der Waals surface area contributed by atoms with Crippen molar-refractivity contribution < 1.29 is 17.5 Å². The Labute approximate surface area is 149 Å². The first-order valence-electron chi connectivity index (χ1n) is 7.58. The maximum absolute atomic E-state index is 14.2. The highest BCUT2D eigenvalue weighted by molar-refractivity contribution is 7.92. The number of ether oxygens (including phenoxy) is 1. The first-order valence-corrected chi connectivity index (χ1v) is 9.06. The lowest BCUT2D eigenvalue weighted by Gasteiger charge is -2.12. The average Bonchev–Trinajstić information content (AvgIpc) is 3.00. The topological polar surface area (TPSA) is 98.5 Å². The van der Waals surface area contributed by atoms with Gasteiger partial charge in [0.2, 0.25) is 0 Å². The first-order chi connectivity index (χ1) is 12.3. The van der Waals surface area contributed by atoms with Crippen molar-refractivity contribution >= 4 is 21.5 Å². The van der Waals surface area contributed by atoms with Crippen molar-refractivity contribution in [3.8, 4) is 5.75 Å². The fourth-order valence-electron chi connectivity index (χ4n) is 2.31. The summed E-state index contributed by atoms with van der Waals surface area (Å²) < 4.78 is 48.2. The second-order valence-corrected chi connectivity index (χ2v) is 7.04. The van der Waals surface area contributed by atoms with E-state index in [1.54, 1.807) is 19.9 Å². The fourth-order valence-corrected chi connectivity index (χ4v) is 3.26. The third-order valence-corrected chi connectivity index (χ3v) is 4.53. The van der Waals surface area contributed by atoms with Gasteiger partial charge in [0, 0.05) is 11.4 Å². The van der Waals surface area contributed by atoms with E-state index < -0.39 is 21.0 Å². The molecule has 136 valence electrons. The Morgan fingerprint density at radius 1 is 1.35 bits per heavy atom. The molecule has 2 aromatic heterocycles. The van der Waals surface area contributed by atoms with Crippen molar-refractivity contribution in [2.45, 2.75) is 19.0 Å².